The molecule has 0 amide bonds. The van der Waals surface area contributed by atoms with Gasteiger partial charge in [-0.2, -0.15) is 9.61 Å². The van der Waals surface area contributed by atoms with E-state index in [0.717, 1.165) is 21.4 Å². The summed E-state index contributed by atoms with van der Waals surface area (Å²) in [6.07, 6.45) is 0. The molecule has 0 radical (unpaired) electrons. The second kappa shape index (κ2) is 4.13. The monoisotopic (exact) mass is 272 g/mol. The van der Waals surface area contributed by atoms with Gasteiger partial charge in [0.1, 0.15) is 5.01 Å². The first-order chi connectivity index (χ1) is 8.95. The van der Waals surface area contributed by atoms with E-state index in [9.17, 15) is 0 Å². The zero-order valence-electron chi connectivity index (χ0n) is 11.5. The fourth-order valence-electron chi connectivity index (χ4n) is 1.94. The van der Waals surface area contributed by atoms with E-state index >= 15 is 0 Å². The van der Waals surface area contributed by atoms with E-state index in [1.165, 1.54) is 5.56 Å². The van der Waals surface area contributed by atoms with Gasteiger partial charge in [-0.05, 0) is 17.9 Å². The lowest BCUT2D eigenvalue weighted by Gasteiger charge is -2.18. The first kappa shape index (κ1) is 12.3. The van der Waals surface area contributed by atoms with E-state index < -0.39 is 0 Å². The summed E-state index contributed by atoms with van der Waals surface area (Å²) in [4.78, 5) is 0.840. The van der Waals surface area contributed by atoms with Crippen LogP contribution in [0.25, 0.3) is 15.5 Å². The Morgan fingerprint density at radius 1 is 1.05 bits per heavy atom. The van der Waals surface area contributed by atoms with Crippen molar-refractivity contribution < 1.29 is 0 Å². The number of fused-ring (bicyclic) bond motifs is 1. The van der Waals surface area contributed by atoms with E-state index in [-0.39, 0.29) is 5.41 Å². The third-order valence-corrected chi connectivity index (χ3v) is 4.09. The van der Waals surface area contributed by atoms with Gasteiger partial charge in [0.15, 0.2) is 5.82 Å². The molecule has 0 spiro atoms. The topological polar surface area (TPSA) is 43.1 Å². The lowest BCUT2D eigenvalue weighted by atomic mass is 9.87. The number of aryl methyl sites for hydroxylation is 1. The Morgan fingerprint density at radius 3 is 2.32 bits per heavy atom. The normalized spacial score (nSPS) is 12.2. The Kier molecular flexibility index (Phi) is 2.67. The van der Waals surface area contributed by atoms with Crippen LogP contribution in [-0.4, -0.2) is 19.8 Å². The Morgan fingerprint density at radius 2 is 1.74 bits per heavy atom. The second-order valence-corrected chi connectivity index (χ2v) is 6.63. The number of rotatable bonds is 1. The van der Waals surface area contributed by atoms with Crippen LogP contribution in [0.3, 0.4) is 0 Å². The molecule has 0 N–H and O–H groups in total. The summed E-state index contributed by atoms with van der Waals surface area (Å²) >= 11 is 1.56. The van der Waals surface area contributed by atoms with Crippen LogP contribution < -0.4 is 0 Å². The molecule has 1 aromatic carbocycles. The van der Waals surface area contributed by atoms with E-state index in [1.54, 1.807) is 15.9 Å². The molecule has 3 aromatic rings. The van der Waals surface area contributed by atoms with Gasteiger partial charge < -0.3 is 0 Å². The van der Waals surface area contributed by atoms with E-state index in [0.29, 0.717) is 0 Å². The van der Waals surface area contributed by atoms with Crippen LogP contribution in [0, 0.1) is 6.92 Å². The van der Waals surface area contributed by atoms with Crippen molar-refractivity contribution in [2.75, 3.05) is 0 Å². The van der Waals surface area contributed by atoms with Crippen molar-refractivity contribution in [1.82, 2.24) is 19.8 Å². The van der Waals surface area contributed by atoms with Gasteiger partial charge in [0.25, 0.3) is 0 Å². The predicted octanol–water partition coefficient (Wildman–Crippen LogP) is 3.46. The van der Waals surface area contributed by atoms with Crippen molar-refractivity contribution in [3.8, 4) is 10.6 Å². The zero-order chi connectivity index (χ0) is 13.6. The van der Waals surface area contributed by atoms with Gasteiger partial charge in [-0.15, -0.1) is 10.2 Å². The lowest BCUT2D eigenvalue weighted by molar-refractivity contribution is 0.590. The van der Waals surface area contributed by atoms with Crippen molar-refractivity contribution >= 4 is 16.3 Å². The van der Waals surface area contributed by atoms with Crippen molar-refractivity contribution in [3.63, 3.8) is 0 Å². The quantitative estimate of drug-likeness (QED) is 0.681. The number of aromatic nitrogens is 4. The zero-order valence-corrected chi connectivity index (χ0v) is 12.3. The Hall–Kier alpha value is -1.75. The fraction of sp³-hybridized carbons (Fsp3) is 0.357. The minimum atomic E-state index is 0.177. The minimum Gasteiger partial charge on any atom is -0.187 e. The molecule has 4 nitrogen and oxygen atoms in total. The molecule has 0 unspecified atom stereocenters. The molecule has 0 aliphatic rings. The Balaban J connectivity index is 2.02. The van der Waals surface area contributed by atoms with Crippen LogP contribution in [0.2, 0.25) is 0 Å². The lowest BCUT2D eigenvalue weighted by Crippen LogP contribution is -2.10. The van der Waals surface area contributed by atoms with Gasteiger partial charge in [-0.1, -0.05) is 56.4 Å². The Labute approximate surface area is 116 Å². The first-order valence-corrected chi connectivity index (χ1v) is 7.06. The molecule has 98 valence electrons. The van der Waals surface area contributed by atoms with Gasteiger partial charge in [-0.25, -0.2) is 0 Å². The fourth-order valence-corrected chi connectivity index (χ4v) is 2.83. The maximum absolute atomic E-state index is 4.54. The molecule has 3 rings (SSSR count). The van der Waals surface area contributed by atoms with Crippen molar-refractivity contribution in [2.24, 2.45) is 0 Å². The number of benzene rings is 1. The van der Waals surface area contributed by atoms with Crippen molar-refractivity contribution in [1.29, 1.82) is 0 Å². The molecular formula is C14H16N4S. The molecule has 2 heterocycles. The van der Waals surface area contributed by atoms with E-state index in [4.69, 9.17) is 0 Å². The molecule has 19 heavy (non-hydrogen) atoms. The summed E-state index contributed by atoms with van der Waals surface area (Å²) in [6, 6.07) is 8.60. The smallest absolute Gasteiger partial charge is 0.187 e. The summed E-state index contributed by atoms with van der Waals surface area (Å²) in [7, 11) is 0. The third-order valence-electron chi connectivity index (χ3n) is 3.14. The van der Waals surface area contributed by atoms with Crippen LogP contribution in [0.1, 0.15) is 32.2 Å². The average molecular weight is 272 g/mol. The number of nitrogens with zero attached hydrogens (tertiary/aromatic N) is 4. The highest BCUT2D eigenvalue weighted by atomic mass is 32.1. The molecule has 2 aromatic heterocycles. The summed E-state index contributed by atoms with van der Waals surface area (Å²) in [5.41, 5.74) is 2.63. The maximum atomic E-state index is 4.54. The molecule has 0 saturated heterocycles. The van der Waals surface area contributed by atoms with Crippen LogP contribution >= 0.6 is 11.3 Å². The molecule has 0 aliphatic carbocycles. The largest absolute Gasteiger partial charge is 0.234 e. The van der Waals surface area contributed by atoms with Gasteiger partial charge in [-0.3, -0.25) is 0 Å². The van der Waals surface area contributed by atoms with Crippen LogP contribution in [0.15, 0.2) is 24.3 Å². The van der Waals surface area contributed by atoms with Crippen molar-refractivity contribution in [2.45, 2.75) is 33.1 Å². The van der Waals surface area contributed by atoms with Gasteiger partial charge >= 0.3 is 0 Å². The van der Waals surface area contributed by atoms with Gasteiger partial charge in [0, 0.05) is 5.56 Å². The van der Waals surface area contributed by atoms with E-state index in [2.05, 4.69) is 60.3 Å². The molecule has 5 heteroatoms. The van der Waals surface area contributed by atoms with E-state index in [1.807, 2.05) is 6.92 Å². The summed E-state index contributed by atoms with van der Waals surface area (Å²) < 4.78 is 1.79. The second-order valence-electron chi connectivity index (χ2n) is 5.68. The summed E-state index contributed by atoms with van der Waals surface area (Å²) in [5, 5.41) is 13.6. The highest BCUT2D eigenvalue weighted by Crippen LogP contribution is 2.28. The van der Waals surface area contributed by atoms with Crippen LogP contribution in [-0.2, 0) is 5.41 Å². The molecule has 0 saturated carbocycles. The summed E-state index contributed by atoms with van der Waals surface area (Å²) in [5.74, 6) is 0.823. The standard InChI is InChI=1S/C14H16N4S/c1-9-15-16-13-18(9)17-12(19-13)10-5-7-11(8-6-10)14(2,3)4/h5-8H,1-4H3. The van der Waals surface area contributed by atoms with Crippen molar-refractivity contribution in [3.05, 3.63) is 35.7 Å². The molecule has 0 atom stereocenters. The maximum Gasteiger partial charge on any atom is 0.234 e. The highest BCUT2D eigenvalue weighted by Gasteiger charge is 2.14. The predicted molar refractivity (Wildman–Crippen MR) is 77.5 cm³/mol. The molecular weight excluding hydrogens is 256 g/mol. The minimum absolute atomic E-state index is 0.177. The van der Waals surface area contributed by atoms with Gasteiger partial charge in [0.2, 0.25) is 4.96 Å². The molecule has 0 bridgehead atoms. The summed E-state index contributed by atoms with van der Waals surface area (Å²) in [6.45, 7) is 8.56. The van der Waals surface area contributed by atoms with Gasteiger partial charge in [0.05, 0.1) is 0 Å². The number of hydrogen-bond donors (Lipinski definition) is 0. The average Bonchev–Trinajstić information content (AvgIpc) is 2.91. The number of hydrogen-bond acceptors (Lipinski definition) is 4. The first-order valence-electron chi connectivity index (χ1n) is 6.25. The Bertz CT molecular complexity index is 716. The van der Waals surface area contributed by atoms with Crippen LogP contribution in [0.4, 0.5) is 0 Å². The third kappa shape index (κ3) is 2.14. The SMILES string of the molecule is Cc1nnc2sc(-c3ccc(C(C)(C)C)cc3)nn12. The molecule has 0 aliphatic heterocycles. The van der Waals surface area contributed by atoms with Crippen LogP contribution in [0.5, 0.6) is 0 Å². The highest BCUT2D eigenvalue weighted by molar-refractivity contribution is 7.19. The molecule has 0 fully saturated rings.